The molecule has 2 heterocycles. The third-order valence-corrected chi connectivity index (χ3v) is 5.99. The first kappa shape index (κ1) is 20.7. The Kier molecular flexibility index (Phi) is 6.25. The van der Waals surface area contributed by atoms with Gasteiger partial charge in [-0.15, -0.1) is 0 Å². The Hall–Kier alpha value is -2.57. The second kappa shape index (κ2) is 9.06. The van der Waals surface area contributed by atoms with E-state index in [0.29, 0.717) is 22.8 Å². The average Bonchev–Trinajstić information content (AvgIpc) is 2.74. The number of methoxy groups -OCH3 is 1. The zero-order valence-corrected chi connectivity index (χ0v) is 17.8. The van der Waals surface area contributed by atoms with Crippen molar-refractivity contribution in [3.8, 4) is 5.75 Å². The van der Waals surface area contributed by atoms with E-state index in [1.807, 2.05) is 0 Å². The highest BCUT2D eigenvalue weighted by Crippen LogP contribution is 2.25. The number of aryl methyl sites for hydroxylation is 1. The minimum atomic E-state index is -0.125. The van der Waals surface area contributed by atoms with Crippen LogP contribution in [-0.2, 0) is 17.8 Å². The van der Waals surface area contributed by atoms with Gasteiger partial charge in [-0.05, 0) is 54.7 Å². The molecule has 0 bridgehead atoms. The number of hydrogen-bond acceptors (Lipinski definition) is 4. The maximum absolute atomic E-state index is 12.6. The molecule has 2 N–H and O–H groups in total. The third-order valence-electron chi connectivity index (χ3n) is 5.77. The summed E-state index contributed by atoms with van der Waals surface area (Å²) in [6.07, 6.45) is 3.16. The molecule has 0 aliphatic carbocycles. The predicted molar refractivity (Wildman–Crippen MR) is 117 cm³/mol. The Morgan fingerprint density at radius 3 is 2.77 bits per heavy atom. The second-order valence-corrected chi connectivity index (χ2v) is 8.38. The fourth-order valence-electron chi connectivity index (χ4n) is 4.09. The quantitative estimate of drug-likeness (QED) is 0.764. The summed E-state index contributed by atoms with van der Waals surface area (Å²) in [5.74, 6) is 0.539. The third kappa shape index (κ3) is 4.94. The molecule has 0 unspecified atom stereocenters. The van der Waals surface area contributed by atoms with E-state index in [2.05, 4.69) is 33.7 Å². The van der Waals surface area contributed by atoms with E-state index in [1.165, 1.54) is 11.1 Å². The molecule has 6 nitrogen and oxygen atoms in total. The Balaban J connectivity index is 1.30. The highest BCUT2D eigenvalue weighted by Gasteiger charge is 2.22. The molecule has 4 rings (SSSR count). The normalized spacial score (nSPS) is 17.2. The number of piperidine rings is 1. The number of fused-ring (bicyclic) bond motifs is 1. The Morgan fingerprint density at radius 2 is 2.00 bits per heavy atom. The Labute approximate surface area is 181 Å². The lowest BCUT2D eigenvalue weighted by Gasteiger charge is -2.32. The molecule has 2 amide bonds. The van der Waals surface area contributed by atoms with Gasteiger partial charge in [-0.2, -0.15) is 0 Å². The first-order chi connectivity index (χ1) is 14.5. The molecule has 1 fully saturated rings. The van der Waals surface area contributed by atoms with E-state index in [0.717, 1.165) is 44.6 Å². The van der Waals surface area contributed by atoms with Crippen molar-refractivity contribution in [1.29, 1.82) is 0 Å². The molecule has 0 radical (unpaired) electrons. The molecule has 1 saturated heterocycles. The fourth-order valence-corrected chi connectivity index (χ4v) is 4.32. The number of rotatable bonds is 5. The van der Waals surface area contributed by atoms with Gasteiger partial charge in [-0.1, -0.05) is 23.7 Å². The molecule has 2 aliphatic rings. The standard InChI is InChI=1S/C23H26ClN3O3/c1-30-20-12-17(11-18(24)13-20)23(29)25-19-6-8-27(9-7-19)14-15-2-3-16-4-5-22(28)26-21(16)10-15/h2-3,10-13,19H,4-9,14H2,1H3,(H,25,29)(H,26,28). The van der Waals surface area contributed by atoms with Crippen molar-refractivity contribution < 1.29 is 14.3 Å². The first-order valence-electron chi connectivity index (χ1n) is 10.3. The average molecular weight is 428 g/mol. The molecule has 2 aromatic rings. The molecular weight excluding hydrogens is 402 g/mol. The molecule has 7 heteroatoms. The lowest BCUT2D eigenvalue weighted by molar-refractivity contribution is -0.116. The molecule has 0 saturated carbocycles. The van der Waals surface area contributed by atoms with Gasteiger partial charge in [0.05, 0.1) is 7.11 Å². The van der Waals surface area contributed by atoms with E-state index in [-0.39, 0.29) is 17.9 Å². The Bertz CT molecular complexity index is 955. The van der Waals surface area contributed by atoms with E-state index in [9.17, 15) is 9.59 Å². The number of anilines is 1. The number of ether oxygens (including phenoxy) is 1. The van der Waals surface area contributed by atoms with Crippen molar-refractivity contribution in [2.45, 2.75) is 38.3 Å². The number of halogens is 1. The van der Waals surface area contributed by atoms with Crippen molar-refractivity contribution in [2.75, 3.05) is 25.5 Å². The lowest BCUT2D eigenvalue weighted by Crippen LogP contribution is -2.44. The summed E-state index contributed by atoms with van der Waals surface area (Å²) in [6.45, 7) is 2.66. The summed E-state index contributed by atoms with van der Waals surface area (Å²) in [7, 11) is 1.56. The van der Waals surface area contributed by atoms with Gasteiger partial charge in [0.25, 0.3) is 5.91 Å². The molecule has 158 valence electrons. The lowest BCUT2D eigenvalue weighted by atomic mass is 9.99. The van der Waals surface area contributed by atoms with Crippen LogP contribution >= 0.6 is 11.6 Å². The summed E-state index contributed by atoms with van der Waals surface area (Å²) in [5, 5.41) is 6.57. The number of amides is 2. The van der Waals surface area contributed by atoms with Gasteiger partial charge in [0, 0.05) is 48.4 Å². The summed E-state index contributed by atoms with van der Waals surface area (Å²) >= 11 is 6.07. The number of benzene rings is 2. The van der Waals surface area contributed by atoms with E-state index < -0.39 is 0 Å². The maximum Gasteiger partial charge on any atom is 0.251 e. The summed E-state index contributed by atoms with van der Waals surface area (Å²) in [4.78, 5) is 26.6. The van der Waals surface area contributed by atoms with Gasteiger partial charge in [0.2, 0.25) is 5.91 Å². The highest BCUT2D eigenvalue weighted by molar-refractivity contribution is 6.31. The topological polar surface area (TPSA) is 70.7 Å². The van der Waals surface area contributed by atoms with Crippen LogP contribution in [0.2, 0.25) is 5.02 Å². The summed E-state index contributed by atoms with van der Waals surface area (Å²) in [5.41, 5.74) is 3.86. The number of hydrogen-bond donors (Lipinski definition) is 2. The molecule has 0 spiro atoms. The number of likely N-dealkylation sites (tertiary alicyclic amines) is 1. The molecule has 2 aromatic carbocycles. The van der Waals surface area contributed by atoms with Crippen LogP contribution < -0.4 is 15.4 Å². The van der Waals surface area contributed by atoms with E-state index in [4.69, 9.17) is 16.3 Å². The van der Waals surface area contributed by atoms with E-state index in [1.54, 1.807) is 25.3 Å². The van der Waals surface area contributed by atoms with Crippen LogP contribution in [0.3, 0.4) is 0 Å². The smallest absolute Gasteiger partial charge is 0.251 e. The van der Waals surface area contributed by atoms with Gasteiger partial charge in [0.1, 0.15) is 5.75 Å². The van der Waals surface area contributed by atoms with Gasteiger partial charge in [0.15, 0.2) is 0 Å². The molecule has 2 aliphatic heterocycles. The summed E-state index contributed by atoms with van der Waals surface area (Å²) in [6, 6.07) is 11.5. The molecule has 0 atom stereocenters. The van der Waals surface area contributed by atoms with Gasteiger partial charge < -0.3 is 15.4 Å². The monoisotopic (exact) mass is 427 g/mol. The number of nitrogens with zero attached hydrogens (tertiary/aromatic N) is 1. The first-order valence-corrected chi connectivity index (χ1v) is 10.7. The van der Waals surface area contributed by atoms with Crippen LogP contribution in [0.4, 0.5) is 5.69 Å². The van der Waals surface area contributed by atoms with Crippen molar-refractivity contribution >= 4 is 29.1 Å². The minimum Gasteiger partial charge on any atom is -0.497 e. The van der Waals surface area contributed by atoms with Crippen LogP contribution in [-0.4, -0.2) is 43.0 Å². The zero-order valence-electron chi connectivity index (χ0n) is 17.0. The minimum absolute atomic E-state index is 0.0912. The molecule has 0 aromatic heterocycles. The SMILES string of the molecule is COc1cc(Cl)cc(C(=O)NC2CCN(Cc3ccc4c(c3)NC(=O)CC4)CC2)c1. The number of nitrogens with one attached hydrogen (secondary N) is 2. The largest absolute Gasteiger partial charge is 0.497 e. The van der Waals surface area contributed by atoms with Gasteiger partial charge >= 0.3 is 0 Å². The highest BCUT2D eigenvalue weighted by atomic mass is 35.5. The molecular formula is C23H26ClN3O3. The molecule has 30 heavy (non-hydrogen) atoms. The van der Waals surface area contributed by atoms with Crippen LogP contribution in [0, 0.1) is 0 Å². The van der Waals surface area contributed by atoms with Crippen molar-refractivity contribution in [1.82, 2.24) is 10.2 Å². The predicted octanol–water partition coefficient (Wildman–Crippen LogP) is 3.63. The van der Waals surface area contributed by atoms with E-state index >= 15 is 0 Å². The van der Waals surface area contributed by atoms with Crippen molar-refractivity contribution in [3.63, 3.8) is 0 Å². The zero-order chi connectivity index (χ0) is 21.1. The Morgan fingerprint density at radius 1 is 1.20 bits per heavy atom. The number of carbonyl (C=O) groups is 2. The van der Waals surface area contributed by atoms with Crippen LogP contribution in [0.15, 0.2) is 36.4 Å². The van der Waals surface area contributed by atoms with Crippen molar-refractivity contribution in [2.24, 2.45) is 0 Å². The summed E-state index contributed by atoms with van der Waals surface area (Å²) < 4.78 is 5.19. The van der Waals surface area contributed by atoms with Gasteiger partial charge in [-0.3, -0.25) is 14.5 Å². The van der Waals surface area contributed by atoms with Crippen LogP contribution in [0.1, 0.15) is 40.7 Å². The number of carbonyl (C=O) groups excluding carboxylic acids is 2. The maximum atomic E-state index is 12.6. The fraction of sp³-hybridized carbons (Fsp3) is 0.391. The van der Waals surface area contributed by atoms with Crippen LogP contribution in [0.25, 0.3) is 0 Å². The van der Waals surface area contributed by atoms with Gasteiger partial charge in [-0.25, -0.2) is 0 Å². The van der Waals surface area contributed by atoms with Crippen LogP contribution in [0.5, 0.6) is 5.75 Å². The van der Waals surface area contributed by atoms with Crippen molar-refractivity contribution in [3.05, 3.63) is 58.1 Å². The second-order valence-electron chi connectivity index (χ2n) is 7.94.